The van der Waals surface area contributed by atoms with E-state index in [-0.39, 0.29) is 5.97 Å². The van der Waals surface area contributed by atoms with Gasteiger partial charge in [-0.05, 0) is 36.2 Å². The van der Waals surface area contributed by atoms with Crippen LogP contribution in [0.3, 0.4) is 0 Å². The van der Waals surface area contributed by atoms with Crippen LogP contribution < -0.4 is 0 Å². The van der Waals surface area contributed by atoms with Gasteiger partial charge >= 0.3 is 5.97 Å². The summed E-state index contributed by atoms with van der Waals surface area (Å²) in [5.74, 6) is -0.215. The summed E-state index contributed by atoms with van der Waals surface area (Å²) in [6, 6.07) is 2.04. The molecule has 1 aromatic rings. The third kappa shape index (κ3) is 3.80. The molecule has 14 heavy (non-hydrogen) atoms. The highest BCUT2D eigenvalue weighted by molar-refractivity contribution is 9.10. The Balaban J connectivity index is 2.26. The van der Waals surface area contributed by atoms with Crippen molar-refractivity contribution in [1.82, 2.24) is 0 Å². The highest BCUT2D eigenvalue weighted by Gasteiger charge is 2.25. The first-order valence-electron chi connectivity index (χ1n) is 4.37. The van der Waals surface area contributed by atoms with Crippen molar-refractivity contribution in [3.05, 3.63) is 22.4 Å². The predicted molar refractivity (Wildman–Crippen MR) is 62.0 cm³/mol. The van der Waals surface area contributed by atoms with Crippen LogP contribution in [-0.4, -0.2) is 16.9 Å². The lowest BCUT2D eigenvalue weighted by Gasteiger charge is -2.14. The number of esters is 1. The molecule has 0 aliphatic heterocycles. The molecule has 4 heteroatoms. The molecule has 0 radical (unpaired) electrons. The maximum atomic E-state index is 11.3. The minimum Gasteiger partial charge on any atom is -0.464 e. The van der Waals surface area contributed by atoms with E-state index in [1.54, 1.807) is 25.2 Å². The van der Waals surface area contributed by atoms with Gasteiger partial charge in [0.1, 0.15) is 4.32 Å². The number of ether oxygens (including phenoxy) is 1. The van der Waals surface area contributed by atoms with Crippen LogP contribution in [0.25, 0.3) is 0 Å². The number of carbonyl (C=O) groups excluding carboxylic acids is 1. The first kappa shape index (κ1) is 11.7. The van der Waals surface area contributed by atoms with Crippen LogP contribution in [0.2, 0.25) is 0 Å². The molecule has 0 spiro atoms. The molecule has 0 bridgehead atoms. The van der Waals surface area contributed by atoms with Gasteiger partial charge in [0.05, 0.1) is 6.61 Å². The Morgan fingerprint density at radius 2 is 2.36 bits per heavy atom. The molecule has 1 heterocycles. The molecular formula is C10H13BrO2S. The largest absolute Gasteiger partial charge is 0.464 e. The van der Waals surface area contributed by atoms with Crippen molar-refractivity contribution in [2.24, 2.45) is 0 Å². The van der Waals surface area contributed by atoms with E-state index < -0.39 is 4.32 Å². The minimum absolute atomic E-state index is 0.215. The molecule has 1 rings (SSSR count). The molecule has 78 valence electrons. The molecular weight excluding hydrogens is 264 g/mol. The molecule has 1 aromatic heterocycles. The predicted octanol–water partition coefficient (Wildman–Crippen LogP) is 3.01. The highest BCUT2D eigenvalue weighted by atomic mass is 79.9. The Bertz CT molecular complexity index is 288. The number of carbonyl (C=O) groups is 1. The number of hydrogen-bond donors (Lipinski definition) is 0. The van der Waals surface area contributed by atoms with Crippen molar-refractivity contribution >= 4 is 33.2 Å². The van der Waals surface area contributed by atoms with Crippen molar-refractivity contribution in [3.63, 3.8) is 0 Å². The van der Waals surface area contributed by atoms with Gasteiger partial charge in [-0.15, -0.1) is 0 Å². The Kier molecular flexibility index (Phi) is 4.13. The van der Waals surface area contributed by atoms with Gasteiger partial charge in [-0.1, -0.05) is 15.9 Å². The summed E-state index contributed by atoms with van der Waals surface area (Å²) in [5.41, 5.74) is 1.22. The maximum Gasteiger partial charge on any atom is 0.322 e. The molecule has 0 saturated carbocycles. The monoisotopic (exact) mass is 276 g/mol. The van der Waals surface area contributed by atoms with E-state index in [2.05, 4.69) is 21.3 Å². The summed E-state index contributed by atoms with van der Waals surface area (Å²) < 4.78 is 4.52. The lowest BCUT2D eigenvalue weighted by molar-refractivity contribution is -0.145. The third-order valence-electron chi connectivity index (χ3n) is 1.69. The van der Waals surface area contributed by atoms with Crippen molar-refractivity contribution < 1.29 is 9.53 Å². The van der Waals surface area contributed by atoms with Crippen LogP contribution >= 0.6 is 27.3 Å². The van der Waals surface area contributed by atoms with Crippen molar-refractivity contribution in [1.29, 1.82) is 0 Å². The van der Waals surface area contributed by atoms with E-state index in [9.17, 15) is 4.79 Å². The SMILES string of the molecule is CC(C)(Br)C(=O)OCCc1ccsc1. The Hall–Kier alpha value is -0.350. The zero-order chi connectivity index (χ0) is 10.6. The van der Waals surface area contributed by atoms with Crippen LogP contribution in [0.5, 0.6) is 0 Å². The second-order valence-electron chi connectivity index (χ2n) is 3.49. The molecule has 0 saturated heterocycles. The van der Waals surface area contributed by atoms with Crippen LogP contribution in [-0.2, 0) is 16.0 Å². The molecule has 0 fully saturated rings. The number of alkyl halides is 1. The van der Waals surface area contributed by atoms with Crippen LogP contribution in [0, 0.1) is 0 Å². The number of rotatable bonds is 4. The van der Waals surface area contributed by atoms with Crippen molar-refractivity contribution in [2.45, 2.75) is 24.6 Å². The highest BCUT2D eigenvalue weighted by Crippen LogP contribution is 2.17. The summed E-state index contributed by atoms with van der Waals surface area (Å²) in [5, 5.41) is 4.08. The van der Waals surface area contributed by atoms with E-state index in [0.717, 1.165) is 6.42 Å². The molecule has 0 aliphatic rings. The molecule has 0 aliphatic carbocycles. The molecule has 0 aromatic carbocycles. The zero-order valence-electron chi connectivity index (χ0n) is 8.25. The minimum atomic E-state index is -0.582. The topological polar surface area (TPSA) is 26.3 Å². The van der Waals surface area contributed by atoms with Crippen LogP contribution in [0.1, 0.15) is 19.4 Å². The molecule has 0 unspecified atom stereocenters. The van der Waals surface area contributed by atoms with Crippen molar-refractivity contribution in [2.75, 3.05) is 6.61 Å². The van der Waals surface area contributed by atoms with E-state index >= 15 is 0 Å². The smallest absolute Gasteiger partial charge is 0.322 e. The van der Waals surface area contributed by atoms with Gasteiger partial charge in [0.2, 0.25) is 0 Å². The molecule has 2 nitrogen and oxygen atoms in total. The van der Waals surface area contributed by atoms with Crippen molar-refractivity contribution in [3.8, 4) is 0 Å². The Morgan fingerprint density at radius 3 is 2.86 bits per heavy atom. The normalized spacial score (nSPS) is 11.4. The van der Waals surface area contributed by atoms with Crippen LogP contribution in [0.4, 0.5) is 0 Å². The quantitative estimate of drug-likeness (QED) is 0.624. The fraction of sp³-hybridized carbons (Fsp3) is 0.500. The van der Waals surface area contributed by atoms with Crippen LogP contribution in [0.15, 0.2) is 16.8 Å². The lowest BCUT2D eigenvalue weighted by atomic mass is 10.2. The zero-order valence-corrected chi connectivity index (χ0v) is 10.7. The summed E-state index contributed by atoms with van der Waals surface area (Å²) in [4.78, 5) is 11.3. The number of hydrogen-bond acceptors (Lipinski definition) is 3. The van der Waals surface area contributed by atoms with E-state index in [1.807, 2.05) is 11.4 Å². The van der Waals surface area contributed by atoms with Gasteiger partial charge in [-0.2, -0.15) is 11.3 Å². The van der Waals surface area contributed by atoms with E-state index in [0.29, 0.717) is 6.61 Å². The molecule has 0 N–H and O–H groups in total. The second-order valence-corrected chi connectivity index (χ2v) is 6.25. The summed E-state index contributed by atoms with van der Waals surface area (Å²) in [7, 11) is 0. The standard InChI is InChI=1S/C10H13BrO2S/c1-10(2,11)9(12)13-5-3-8-4-6-14-7-8/h4,6-7H,3,5H2,1-2H3. The van der Waals surface area contributed by atoms with Gasteiger partial charge in [-0.3, -0.25) is 4.79 Å². The maximum absolute atomic E-state index is 11.3. The third-order valence-corrected chi connectivity index (χ3v) is 2.75. The fourth-order valence-corrected chi connectivity index (χ4v) is 1.69. The average molecular weight is 277 g/mol. The van der Waals surface area contributed by atoms with Gasteiger partial charge in [-0.25, -0.2) is 0 Å². The van der Waals surface area contributed by atoms with E-state index in [1.165, 1.54) is 5.56 Å². The second kappa shape index (κ2) is 4.94. The molecule has 0 atom stereocenters. The number of thiophene rings is 1. The summed E-state index contributed by atoms with van der Waals surface area (Å²) in [6.45, 7) is 4.00. The number of halogens is 1. The van der Waals surface area contributed by atoms with Gasteiger partial charge in [0.25, 0.3) is 0 Å². The first-order chi connectivity index (χ1) is 6.50. The van der Waals surface area contributed by atoms with Gasteiger partial charge in [0.15, 0.2) is 0 Å². The molecule has 0 amide bonds. The average Bonchev–Trinajstić information content (AvgIpc) is 2.55. The summed E-state index contributed by atoms with van der Waals surface area (Å²) in [6.07, 6.45) is 0.790. The summed E-state index contributed by atoms with van der Waals surface area (Å²) >= 11 is 4.90. The fourth-order valence-electron chi connectivity index (χ4n) is 0.868. The van der Waals surface area contributed by atoms with Gasteiger partial charge in [0, 0.05) is 6.42 Å². The Morgan fingerprint density at radius 1 is 1.64 bits per heavy atom. The Labute approximate surface area is 96.4 Å². The van der Waals surface area contributed by atoms with Gasteiger partial charge < -0.3 is 4.74 Å². The first-order valence-corrected chi connectivity index (χ1v) is 6.11. The lowest BCUT2D eigenvalue weighted by Crippen LogP contribution is -2.27. The van der Waals surface area contributed by atoms with E-state index in [4.69, 9.17) is 4.74 Å².